The summed E-state index contributed by atoms with van der Waals surface area (Å²) in [6, 6.07) is 5.42. The summed E-state index contributed by atoms with van der Waals surface area (Å²) in [5.41, 5.74) is 6.48. The molecule has 0 fully saturated rings. The molecule has 2 aromatic rings. The van der Waals surface area contributed by atoms with Crippen LogP contribution in [-0.2, 0) is 0 Å². The summed E-state index contributed by atoms with van der Waals surface area (Å²) in [7, 11) is 0. The molecule has 2 heterocycles. The topological polar surface area (TPSA) is 69.6 Å². The number of hydrogen-bond donors (Lipinski definition) is 1. The molecule has 0 radical (unpaired) electrons. The molecule has 0 unspecified atom stereocenters. The molecule has 0 amide bonds. The van der Waals surface area contributed by atoms with E-state index in [1.165, 1.54) is 0 Å². The second-order valence-corrected chi connectivity index (χ2v) is 2.70. The fourth-order valence-electron chi connectivity index (χ4n) is 1.14. The van der Waals surface area contributed by atoms with Crippen LogP contribution in [0.15, 0.2) is 24.4 Å². The Morgan fingerprint density at radius 2 is 2.31 bits per heavy atom. The van der Waals surface area contributed by atoms with Gasteiger partial charge in [-0.3, -0.25) is 0 Å². The minimum absolute atomic E-state index is 0.489. The number of aryl methyl sites for hydroxylation is 1. The second kappa shape index (κ2) is 2.85. The van der Waals surface area contributed by atoms with Crippen molar-refractivity contribution < 1.29 is 0 Å². The number of rotatable bonds is 1. The molecule has 0 atom stereocenters. The number of hydrogen-bond acceptors (Lipinski definition) is 4. The van der Waals surface area contributed by atoms with Crippen molar-refractivity contribution in [3.05, 3.63) is 30.1 Å². The van der Waals surface area contributed by atoms with Gasteiger partial charge >= 0.3 is 0 Å². The normalized spacial score (nSPS) is 10.2. The highest BCUT2D eigenvalue weighted by atomic mass is 15.4. The largest absolute Gasteiger partial charge is 0.382 e. The fraction of sp³-hybridized carbons (Fsp3) is 0.125. The Morgan fingerprint density at radius 3 is 2.85 bits per heavy atom. The minimum Gasteiger partial charge on any atom is -0.382 e. The lowest BCUT2D eigenvalue weighted by Crippen LogP contribution is -2.02. The zero-order chi connectivity index (χ0) is 9.26. The van der Waals surface area contributed by atoms with Crippen molar-refractivity contribution in [1.82, 2.24) is 20.0 Å². The minimum atomic E-state index is 0.489. The molecule has 5 nitrogen and oxygen atoms in total. The molecular formula is C8H9N5. The Hall–Kier alpha value is -1.91. The van der Waals surface area contributed by atoms with Crippen molar-refractivity contribution >= 4 is 5.82 Å². The summed E-state index contributed by atoms with van der Waals surface area (Å²) in [6.45, 7) is 1.91. The van der Waals surface area contributed by atoms with Gasteiger partial charge in [0.05, 0.1) is 0 Å². The molecule has 2 rings (SSSR count). The average Bonchev–Trinajstić information content (AvgIpc) is 2.47. The van der Waals surface area contributed by atoms with Crippen molar-refractivity contribution in [1.29, 1.82) is 0 Å². The summed E-state index contributed by atoms with van der Waals surface area (Å²) in [5.74, 6) is 1.17. The zero-order valence-corrected chi connectivity index (χ0v) is 7.18. The van der Waals surface area contributed by atoms with E-state index < -0.39 is 0 Å². The van der Waals surface area contributed by atoms with Crippen molar-refractivity contribution in [3.63, 3.8) is 0 Å². The maximum atomic E-state index is 5.54. The third kappa shape index (κ3) is 1.35. The van der Waals surface area contributed by atoms with Crippen LogP contribution in [0.25, 0.3) is 5.82 Å². The Labute approximate surface area is 75.2 Å². The third-order valence-corrected chi connectivity index (χ3v) is 1.68. The molecule has 0 saturated heterocycles. The van der Waals surface area contributed by atoms with Gasteiger partial charge in [-0.25, -0.2) is 4.68 Å². The van der Waals surface area contributed by atoms with Gasteiger partial charge in [-0.2, -0.15) is 5.10 Å². The van der Waals surface area contributed by atoms with Crippen LogP contribution < -0.4 is 5.73 Å². The first-order valence-electron chi connectivity index (χ1n) is 3.87. The van der Waals surface area contributed by atoms with Gasteiger partial charge in [-0.1, -0.05) is 0 Å². The Bertz CT molecular complexity index is 406. The van der Waals surface area contributed by atoms with Crippen molar-refractivity contribution in [3.8, 4) is 5.82 Å². The van der Waals surface area contributed by atoms with E-state index in [9.17, 15) is 0 Å². The van der Waals surface area contributed by atoms with Crippen LogP contribution in [0, 0.1) is 6.92 Å². The van der Waals surface area contributed by atoms with Crippen LogP contribution in [0.3, 0.4) is 0 Å². The van der Waals surface area contributed by atoms with Gasteiger partial charge in [0.2, 0.25) is 0 Å². The number of nitrogen functional groups attached to an aromatic ring is 1. The Kier molecular flexibility index (Phi) is 1.70. The van der Waals surface area contributed by atoms with Crippen LogP contribution in [-0.4, -0.2) is 20.0 Å². The zero-order valence-electron chi connectivity index (χ0n) is 7.18. The van der Waals surface area contributed by atoms with Crippen molar-refractivity contribution in [2.24, 2.45) is 0 Å². The molecule has 2 aromatic heterocycles. The van der Waals surface area contributed by atoms with Gasteiger partial charge in [0.1, 0.15) is 5.82 Å². The first-order chi connectivity index (χ1) is 6.27. The van der Waals surface area contributed by atoms with Crippen LogP contribution >= 0.6 is 0 Å². The Balaban J connectivity index is 2.53. The standard InChI is InChI=1S/C8H9N5/c1-6-5-7(9)12-13(6)8-3-2-4-10-11-8/h2-5H,1H3,(H2,9,12). The average molecular weight is 175 g/mol. The van der Waals surface area contributed by atoms with Crippen LogP contribution in [0.4, 0.5) is 5.82 Å². The van der Waals surface area contributed by atoms with E-state index in [0.717, 1.165) is 5.69 Å². The highest BCUT2D eigenvalue weighted by Crippen LogP contribution is 2.09. The van der Waals surface area contributed by atoms with E-state index in [-0.39, 0.29) is 0 Å². The van der Waals surface area contributed by atoms with E-state index in [1.807, 2.05) is 13.0 Å². The summed E-state index contributed by atoms with van der Waals surface area (Å²) in [4.78, 5) is 0. The predicted molar refractivity (Wildman–Crippen MR) is 48.3 cm³/mol. The molecule has 13 heavy (non-hydrogen) atoms. The van der Waals surface area contributed by atoms with Gasteiger partial charge in [-0.05, 0) is 19.1 Å². The second-order valence-electron chi connectivity index (χ2n) is 2.70. The van der Waals surface area contributed by atoms with Gasteiger partial charge in [0.15, 0.2) is 5.82 Å². The van der Waals surface area contributed by atoms with E-state index in [2.05, 4.69) is 15.3 Å². The third-order valence-electron chi connectivity index (χ3n) is 1.68. The molecular weight excluding hydrogens is 166 g/mol. The lowest BCUT2D eigenvalue weighted by molar-refractivity contribution is 0.793. The van der Waals surface area contributed by atoms with Crippen LogP contribution in [0.1, 0.15) is 5.69 Å². The number of anilines is 1. The SMILES string of the molecule is Cc1cc(N)nn1-c1cccnn1. The van der Waals surface area contributed by atoms with Crippen LogP contribution in [0.2, 0.25) is 0 Å². The number of nitrogens with zero attached hydrogens (tertiary/aromatic N) is 4. The van der Waals surface area contributed by atoms with E-state index in [0.29, 0.717) is 11.6 Å². The highest BCUT2D eigenvalue weighted by molar-refractivity contribution is 5.33. The molecule has 2 N–H and O–H groups in total. The lowest BCUT2D eigenvalue weighted by atomic mass is 10.4. The molecule has 0 aliphatic rings. The summed E-state index contributed by atoms with van der Waals surface area (Å²) < 4.78 is 1.66. The first-order valence-corrected chi connectivity index (χ1v) is 3.87. The molecule has 0 aliphatic carbocycles. The summed E-state index contributed by atoms with van der Waals surface area (Å²) in [5, 5.41) is 11.8. The maximum Gasteiger partial charge on any atom is 0.175 e. The van der Waals surface area contributed by atoms with Gasteiger partial charge in [0, 0.05) is 18.0 Å². The van der Waals surface area contributed by atoms with E-state index in [4.69, 9.17) is 5.73 Å². The van der Waals surface area contributed by atoms with Gasteiger partial charge in [-0.15, -0.1) is 10.2 Å². The predicted octanol–water partition coefficient (Wildman–Crippen LogP) is 0.553. The quantitative estimate of drug-likeness (QED) is 0.687. The number of nitrogens with two attached hydrogens (primary N) is 1. The summed E-state index contributed by atoms with van der Waals surface area (Å²) in [6.07, 6.45) is 1.62. The molecule has 66 valence electrons. The number of aromatic nitrogens is 4. The van der Waals surface area contributed by atoms with E-state index >= 15 is 0 Å². The van der Waals surface area contributed by atoms with Gasteiger partial charge < -0.3 is 5.73 Å². The van der Waals surface area contributed by atoms with E-state index in [1.54, 1.807) is 23.0 Å². The lowest BCUT2D eigenvalue weighted by Gasteiger charge is -1.99. The molecule has 0 spiro atoms. The molecule has 5 heteroatoms. The fourth-order valence-corrected chi connectivity index (χ4v) is 1.14. The van der Waals surface area contributed by atoms with Crippen molar-refractivity contribution in [2.75, 3.05) is 5.73 Å². The molecule has 0 bridgehead atoms. The highest BCUT2D eigenvalue weighted by Gasteiger charge is 2.03. The van der Waals surface area contributed by atoms with Crippen molar-refractivity contribution in [2.45, 2.75) is 6.92 Å². The van der Waals surface area contributed by atoms with Gasteiger partial charge in [0.25, 0.3) is 0 Å². The smallest absolute Gasteiger partial charge is 0.175 e. The summed E-state index contributed by atoms with van der Waals surface area (Å²) >= 11 is 0. The molecule has 0 saturated carbocycles. The molecule has 0 aliphatic heterocycles. The monoisotopic (exact) mass is 175 g/mol. The Morgan fingerprint density at radius 1 is 1.46 bits per heavy atom. The maximum absolute atomic E-state index is 5.54. The van der Waals surface area contributed by atoms with Crippen LogP contribution in [0.5, 0.6) is 0 Å². The molecule has 0 aromatic carbocycles. The first kappa shape index (κ1) is 7.72.